The first-order valence-electron chi connectivity index (χ1n) is 8.42. The van der Waals surface area contributed by atoms with Gasteiger partial charge < -0.3 is 10.6 Å². The van der Waals surface area contributed by atoms with Crippen molar-refractivity contribution in [1.29, 1.82) is 0 Å². The van der Waals surface area contributed by atoms with Crippen molar-refractivity contribution in [3.05, 3.63) is 57.8 Å². The molecule has 2 aromatic rings. The van der Waals surface area contributed by atoms with Crippen molar-refractivity contribution in [1.82, 2.24) is 10.6 Å². The van der Waals surface area contributed by atoms with Crippen LogP contribution in [0.5, 0.6) is 0 Å². The number of ketones is 1. The monoisotopic (exact) mass is 378 g/mol. The minimum Gasteiger partial charge on any atom is -0.352 e. The molecule has 2 heterocycles. The SMILES string of the molecule is Cl.O=C(NCCC1CCCNC1)c1ccccc1C(=O)c1cccs1. The van der Waals surface area contributed by atoms with Crippen LogP contribution in [-0.4, -0.2) is 31.3 Å². The Kier molecular flexibility index (Phi) is 7.62. The molecule has 1 unspecified atom stereocenters. The van der Waals surface area contributed by atoms with Crippen molar-refractivity contribution in [3.8, 4) is 0 Å². The number of rotatable bonds is 6. The van der Waals surface area contributed by atoms with Crippen LogP contribution in [0.4, 0.5) is 0 Å². The summed E-state index contributed by atoms with van der Waals surface area (Å²) < 4.78 is 0. The predicted molar refractivity (Wildman–Crippen MR) is 104 cm³/mol. The van der Waals surface area contributed by atoms with E-state index in [2.05, 4.69) is 10.6 Å². The standard InChI is InChI=1S/C19H22N2O2S.ClH/c22-18(17-8-4-12-24-17)15-6-1-2-7-16(15)19(23)21-11-9-14-5-3-10-20-13-14;/h1-2,4,6-8,12,14,20H,3,5,9-11,13H2,(H,21,23);1H. The van der Waals surface area contributed by atoms with E-state index >= 15 is 0 Å². The summed E-state index contributed by atoms with van der Waals surface area (Å²) in [5.41, 5.74) is 0.925. The highest BCUT2D eigenvalue weighted by Gasteiger charge is 2.19. The van der Waals surface area contributed by atoms with Crippen molar-refractivity contribution in [2.24, 2.45) is 5.92 Å². The molecule has 134 valence electrons. The average Bonchev–Trinajstić information content (AvgIpc) is 3.16. The Morgan fingerprint density at radius 2 is 1.96 bits per heavy atom. The first kappa shape index (κ1) is 19.6. The second-order valence-electron chi connectivity index (χ2n) is 6.11. The van der Waals surface area contributed by atoms with Gasteiger partial charge in [0.2, 0.25) is 5.78 Å². The number of thiophene rings is 1. The summed E-state index contributed by atoms with van der Waals surface area (Å²) in [5.74, 6) is 0.369. The van der Waals surface area contributed by atoms with Crippen LogP contribution in [0, 0.1) is 5.92 Å². The minimum atomic E-state index is -0.167. The lowest BCUT2D eigenvalue weighted by atomic mass is 9.96. The Balaban J connectivity index is 0.00000225. The molecule has 2 N–H and O–H groups in total. The largest absolute Gasteiger partial charge is 0.352 e. The molecule has 1 saturated heterocycles. The average molecular weight is 379 g/mol. The topological polar surface area (TPSA) is 58.2 Å². The number of benzene rings is 1. The van der Waals surface area contributed by atoms with E-state index in [0.29, 0.717) is 28.5 Å². The van der Waals surface area contributed by atoms with E-state index in [0.717, 1.165) is 19.5 Å². The Bertz CT molecular complexity index is 697. The van der Waals surface area contributed by atoms with Gasteiger partial charge in [0.05, 0.1) is 10.4 Å². The zero-order valence-corrected chi connectivity index (χ0v) is 15.6. The zero-order valence-electron chi connectivity index (χ0n) is 14.0. The zero-order chi connectivity index (χ0) is 16.8. The Hall–Kier alpha value is -1.69. The molecule has 1 atom stereocenters. The summed E-state index contributed by atoms with van der Waals surface area (Å²) in [5, 5.41) is 8.23. The van der Waals surface area contributed by atoms with E-state index in [1.54, 1.807) is 30.3 Å². The fourth-order valence-corrected chi connectivity index (χ4v) is 3.75. The fraction of sp³-hybridized carbons (Fsp3) is 0.368. The Morgan fingerprint density at radius 3 is 2.64 bits per heavy atom. The van der Waals surface area contributed by atoms with Crippen LogP contribution in [0.3, 0.4) is 0 Å². The number of amides is 1. The van der Waals surface area contributed by atoms with E-state index in [1.807, 2.05) is 11.4 Å². The molecule has 1 aliphatic heterocycles. The summed E-state index contributed by atoms with van der Waals surface area (Å²) in [6, 6.07) is 10.7. The molecule has 0 saturated carbocycles. The van der Waals surface area contributed by atoms with Crippen molar-refractivity contribution in [3.63, 3.8) is 0 Å². The van der Waals surface area contributed by atoms with Gasteiger partial charge in [-0.15, -0.1) is 23.7 Å². The van der Waals surface area contributed by atoms with E-state index in [-0.39, 0.29) is 24.1 Å². The number of halogens is 1. The molecule has 0 spiro atoms. The fourth-order valence-electron chi connectivity index (χ4n) is 3.08. The molecule has 1 aromatic carbocycles. The van der Waals surface area contributed by atoms with Crippen molar-refractivity contribution in [2.45, 2.75) is 19.3 Å². The number of hydrogen-bond donors (Lipinski definition) is 2. The highest BCUT2D eigenvalue weighted by Crippen LogP contribution is 2.18. The second kappa shape index (κ2) is 9.70. The smallest absolute Gasteiger partial charge is 0.252 e. The molecular weight excluding hydrogens is 356 g/mol. The number of nitrogens with one attached hydrogen (secondary N) is 2. The van der Waals surface area contributed by atoms with Gasteiger partial charge in [0.25, 0.3) is 5.91 Å². The van der Waals surface area contributed by atoms with Crippen LogP contribution in [-0.2, 0) is 0 Å². The molecule has 1 aliphatic rings. The first-order valence-corrected chi connectivity index (χ1v) is 9.30. The van der Waals surface area contributed by atoms with Crippen LogP contribution < -0.4 is 10.6 Å². The van der Waals surface area contributed by atoms with Gasteiger partial charge in [-0.25, -0.2) is 0 Å². The third kappa shape index (κ3) is 5.14. The highest BCUT2D eigenvalue weighted by atomic mass is 35.5. The lowest BCUT2D eigenvalue weighted by Crippen LogP contribution is -2.33. The van der Waals surface area contributed by atoms with Gasteiger partial charge in [-0.3, -0.25) is 9.59 Å². The molecule has 1 aromatic heterocycles. The Labute approximate surface area is 158 Å². The van der Waals surface area contributed by atoms with Gasteiger partial charge in [-0.1, -0.05) is 24.3 Å². The lowest BCUT2D eigenvalue weighted by Gasteiger charge is -2.22. The van der Waals surface area contributed by atoms with Crippen LogP contribution >= 0.6 is 23.7 Å². The number of carbonyl (C=O) groups is 2. The third-order valence-corrected chi connectivity index (χ3v) is 5.27. The van der Waals surface area contributed by atoms with Crippen molar-refractivity contribution in [2.75, 3.05) is 19.6 Å². The van der Waals surface area contributed by atoms with Gasteiger partial charge in [-0.05, 0) is 55.8 Å². The normalized spacial score (nSPS) is 16.7. The maximum atomic E-state index is 12.6. The minimum absolute atomic E-state index is 0. The summed E-state index contributed by atoms with van der Waals surface area (Å²) in [6.07, 6.45) is 3.40. The second-order valence-corrected chi connectivity index (χ2v) is 7.06. The summed E-state index contributed by atoms with van der Waals surface area (Å²) in [7, 11) is 0. The molecular formula is C19H23ClN2O2S. The van der Waals surface area contributed by atoms with Crippen LogP contribution in [0.15, 0.2) is 41.8 Å². The number of piperidine rings is 1. The summed E-state index contributed by atoms with van der Waals surface area (Å²) in [4.78, 5) is 25.7. The van der Waals surface area contributed by atoms with Crippen LogP contribution in [0.1, 0.15) is 44.9 Å². The molecule has 0 radical (unpaired) electrons. The van der Waals surface area contributed by atoms with Crippen LogP contribution in [0.25, 0.3) is 0 Å². The molecule has 1 amide bonds. The lowest BCUT2D eigenvalue weighted by molar-refractivity contribution is 0.0940. The van der Waals surface area contributed by atoms with Crippen molar-refractivity contribution >= 4 is 35.4 Å². The molecule has 25 heavy (non-hydrogen) atoms. The van der Waals surface area contributed by atoms with Gasteiger partial charge in [-0.2, -0.15) is 0 Å². The summed E-state index contributed by atoms with van der Waals surface area (Å²) in [6.45, 7) is 2.77. The maximum Gasteiger partial charge on any atom is 0.252 e. The van der Waals surface area contributed by atoms with E-state index < -0.39 is 0 Å². The molecule has 4 nitrogen and oxygen atoms in total. The van der Waals surface area contributed by atoms with Crippen molar-refractivity contribution < 1.29 is 9.59 Å². The first-order chi connectivity index (χ1) is 11.8. The molecule has 0 aliphatic carbocycles. The highest BCUT2D eigenvalue weighted by molar-refractivity contribution is 7.12. The van der Waals surface area contributed by atoms with E-state index in [4.69, 9.17) is 0 Å². The Morgan fingerprint density at radius 1 is 1.16 bits per heavy atom. The molecule has 6 heteroatoms. The summed E-state index contributed by atoms with van der Waals surface area (Å²) >= 11 is 1.39. The molecule has 1 fully saturated rings. The molecule has 3 rings (SSSR count). The number of carbonyl (C=O) groups excluding carboxylic acids is 2. The van der Waals surface area contributed by atoms with Gasteiger partial charge in [0, 0.05) is 12.1 Å². The quantitative estimate of drug-likeness (QED) is 0.756. The van der Waals surface area contributed by atoms with Gasteiger partial charge >= 0.3 is 0 Å². The van der Waals surface area contributed by atoms with Gasteiger partial charge in [0.1, 0.15) is 0 Å². The van der Waals surface area contributed by atoms with Crippen LogP contribution in [0.2, 0.25) is 0 Å². The predicted octanol–water partition coefficient (Wildman–Crippen LogP) is 3.52. The van der Waals surface area contributed by atoms with E-state index in [1.165, 1.54) is 24.2 Å². The van der Waals surface area contributed by atoms with Gasteiger partial charge in [0.15, 0.2) is 0 Å². The maximum absolute atomic E-state index is 12.6. The number of hydrogen-bond acceptors (Lipinski definition) is 4. The molecule has 0 bridgehead atoms. The van der Waals surface area contributed by atoms with E-state index in [9.17, 15) is 9.59 Å². The third-order valence-electron chi connectivity index (χ3n) is 4.40.